The smallest absolute Gasteiger partial charge is 0.246 e. The summed E-state index contributed by atoms with van der Waals surface area (Å²) in [5.74, 6) is -0.130. The first-order chi connectivity index (χ1) is 15.2. The molecule has 0 aromatic heterocycles. The minimum Gasteiger partial charge on any atom is -0.579 e. The highest BCUT2D eigenvalue weighted by Crippen LogP contribution is 2.30. The van der Waals surface area contributed by atoms with Crippen molar-refractivity contribution in [3.8, 4) is 5.75 Å². The molecule has 32 heavy (non-hydrogen) atoms. The number of amides is 1. The molecule has 1 saturated heterocycles. The fourth-order valence-electron chi connectivity index (χ4n) is 3.38. The Labute approximate surface area is 196 Å². The molecule has 2 N–H and O–H groups in total. The summed E-state index contributed by atoms with van der Waals surface area (Å²) in [6.45, 7) is 1.58. The van der Waals surface area contributed by atoms with Crippen LogP contribution in [0.15, 0.2) is 42.5 Å². The van der Waals surface area contributed by atoms with E-state index in [1.165, 1.54) is 22.5 Å². The number of hydrogen-bond acceptors (Lipinski definition) is 6. The van der Waals surface area contributed by atoms with Crippen LogP contribution in [0.3, 0.4) is 0 Å². The van der Waals surface area contributed by atoms with Crippen LogP contribution < -0.4 is 14.8 Å². The van der Waals surface area contributed by atoms with Crippen LogP contribution in [-0.2, 0) is 16.3 Å². The van der Waals surface area contributed by atoms with Gasteiger partial charge in [0.05, 0.1) is 17.7 Å². The maximum absolute atomic E-state index is 13.4. The Balaban J connectivity index is 1.63. The highest BCUT2D eigenvalue weighted by Gasteiger charge is 2.41. The highest BCUT2D eigenvalue weighted by molar-refractivity contribution is 7.87. The van der Waals surface area contributed by atoms with Gasteiger partial charge in [0.15, 0.2) is 0 Å². The molecule has 174 valence electrons. The number of hydrogen-bond donors (Lipinski definition) is 2. The fraction of sp³-hybridized carbons (Fsp3) is 0.409. The van der Waals surface area contributed by atoms with Crippen molar-refractivity contribution in [2.75, 3.05) is 39.6 Å². The summed E-state index contributed by atoms with van der Waals surface area (Å²) >= 11 is 4.25. The first-order valence-corrected chi connectivity index (χ1v) is 11.8. The van der Waals surface area contributed by atoms with Gasteiger partial charge in [0.1, 0.15) is 29.2 Å². The summed E-state index contributed by atoms with van der Waals surface area (Å²) in [4.78, 5) is 15.0. The molecule has 3 rings (SSSR count). The maximum atomic E-state index is 13.4. The van der Waals surface area contributed by atoms with Gasteiger partial charge in [-0.15, -0.1) is 4.72 Å². The third-order valence-corrected chi connectivity index (χ3v) is 6.75. The number of carbonyl (C=O) groups excluding carboxylic acids is 1. The van der Waals surface area contributed by atoms with Gasteiger partial charge in [-0.25, -0.2) is 4.39 Å². The zero-order chi connectivity index (χ0) is 23.3. The Morgan fingerprint density at radius 2 is 2.06 bits per heavy atom. The Morgan fingerprint density at radius 3 is 2.72 bits per heavy atom. The van der Waals surface area contributed by atoms with Crippen LogP contribution in [0.5, 0.6) is 5.75 Å². The molecule has 0 spiro atoms. The fourth-order valence-corrected chi connectivity index (χ4v) is 4.62. The number of anilines is 1. The van der Waals surface area contributed by atoms with Gasteiger partial charge in [-0.2, -0.15) is 0 Å². The minimum absolute atomic E-state index is 0.0769. The van der Waals surface area contributed by atoms with Crippen molar-refractivity contribution >= 4 is 34.7 Å². The first-order valence-electron chi connectivity index (χ1n) is 10.3. The molecule has 3 unspecified atom stereocenters. The predicted molar refractivity (Wildman–Crippen MR) is 125 cm³/mol. The van der Waals surface area contributed by atoms with Gasteiger partial charge in [-0.1, -0.05) is 28.0 Å². The van der Waals surface area contributed by atoms with Crippen LogP contribution in [0.4, 0.5) is 10.1 Å². The summed E-state index contributed by atoms with van der Waals surface area (Å²) in [6, 6.07) is 10.6. The molecule has 1 heterocycles. The number of nitrogens with zero attached hydrogens (tertiary/aromatic N) is 2. The Morgan fingerprint density at radius 1 is 1.34 bits per heavy atom. The zero-order valence-electron chi connectivity index (χ0n) is 18.3. The Bertz CT molecular complexity index is 919. The van der Waals surface area contributed by atoms with E-state index in [9.17, 15) is 13.7 Å². The second kappa shape index (κ2) is 11.3. The van der Waals surface area contributed by atoms with Gasteiger partial charge in [0.2, 0.25) is 5.91 Å². The van der Waals surface area contributed by atoms with E-state index in [0.717, 1.165) is 24.3 Å². The SMILES string of the molecule is CN(C)CCCOc1ccc(C2CC(C(=O)Nc3ccc(F)c(Cl)c3)N(C)[S+]([O-])N2)cc1. The molecule has 10 heteroatoms. The van der Waals surface area contributed by atoms with Crippen molar-refractivity contribution in [1.29, 1.82) is 0 Å². The van der Waals surface area contributed by atoms with E-state index in [2.05, 4.69) is 14.9 Å². The van der Waals surface area contributed by atoms with Gasteiger partial charge < -0.3 is 19.5 Å². The molecule has 0 aliphatic carbocycles. The molecule has 1 aliphatic rings. The van der Waals surface area contributed by atoms with E-state index < -0.39 is 23.4 Å². The second-order valence-electron chi connectivity index (χ2n) is 7.91. The average Bonchev–Trinajstić information content (AvgIpc) is 2.76. The summed E-state index contributed by atoms with van der Waals surface area (Å²) in [5.41, 5.74) is 1.29. The van der Waals surface area contributed by atoms with Gasteiger partial charge in [-0.05, 0) is 56.4 Å². The zero-order valence-corrected chi connectivity index (χ0v) is 19.9. The lowest BCUT2D eigenvalue weighted by Crippen LogP contribution is -2.55. The van der Waals surface area contributed by atoms with Crippen molar-refractivity contribution in [2.45, 2.75) is 24.9 Å². The first kappa shape index (κ1) is 24.8. The van der Waals surface area contributed by atoms with Crippen molar-refractivity contribution in [3.05, 3.63) is 58.9 Å². The quantitative estimate of drug-likeness (QED) is 0.443. The normalized spacial score (nSPS) is 21.5. The lowest BCUT2D eigenvalue weighted by molar-refractivity contribution is -0.120. The van der Waals surface area contributed by atoms with Crippen LogP contribution in [0.2, 0.25) is 5.02 Å². The van der Waals surface area contributed by atoms with Crippen LogP contribution in [0, 0.1) is 5.82 Å². The van der Waals surface area contributed by atoms with Crippen LogP contribution in [-0.4, -0.2) is 60.0 Å². The number of ether oxygens (including phenoxy) is 1. The molecule has 1 amide bonds. The number of halogens is 2. The number of carbonyl (C=O) groups is 1. The van der Waals surface area contributed by atoms with Crippen molar-refractivity contribution in [2.24, 2.45) is 0 Å². The largest absolute Gasteiger partial charge is 0.579 e. The molecule has 0 bridgehead atoms. The monoisotopic (exact) mass is 482 g/mol. The summed E-state index contributed by atoms with van der Waals surface area (Å²) in [6.07, 6.45) is 1.34. The molecular weight excluding hydrogens is 455 g/mol. The van der Waals surface area contributed by atoms with Gasteiger partial charge >= 0.3 is 0 Å². The van der Waals surface area contributed by atoms with Crippen molar-refractivity contribution in [3.63, 3.8) is 0 Å². The second-order valence-corrected chi connectivity index (χ2v) is 9.63. The van der Waals surface area contributed by atoms with Gasteiger partial charge in [0, 0.05) is 25.7 Å². The molecule has 7 nitrogen and oxygen atoms in total. The lowest BCUT2D eigenvalue weighted by atomic mass is 9.99. The molecule has 3 atom stereocenters. The lowest BCUT2D eigenvalue weighted by Gasteiger charge is -2.36. The summed E-state index contributed by atoms with van der Waals surface area (Å²) < 4.78 is 36.2. The molecule has 2 aromatic carbocycles. The Hall–Kier alpha value is -1.88. The van der Waals surface area contributed by atoms with Gasteiger partial charge in [-0.3, -0.25) is 4.79 Å². The number of nitrogens with one attached hydrogen (secondary N) is 2. The summed E-state index contributed by atoms with van der Waals surface area (Å²) in [7, 11) is 5.66. The number of rotatable bonds is 8. The number of likely N-dealkylation sites (N-methyl/N-ethyl adjacent to an activating group) is 1. The van der Waals surface area contributed by atoms with Crippen molar-refractivity contribution < 1.29 is 18.5 Å². The standard InChI is InChI=1S/C22H28ClFN4O3S/c1-27(2)11-4-12-31-17-8-5-15(6-9-17)20-14-21(28(3)32(30)26-20)22(29)25-16-7-10-19(24)18(23)13-16/h5-10,13,20-21,26H,4,11-12,14H2,1-3H3,(H,25,29). The van der Waals surface area contributed by atoms with E-state index in [1.807, 2.05) is 38.4 Å². The molecule has 0 radical (unpaired) electrons. The topological polar surface area (TPSA) is 79.9 Å². The molecule has 1 fully saturated rings. The highest BCUT2D eigenvalue weighted by atomic mass is 35.5. The third kappa shape index (κ3) is 6.57. The Kier molecular flexibility index (Phi) is 8.75. The van der Waals surface area contributed by atoms with E-state index in [-0.39, 0.29) is 17.0 Å². The van der Waals surface area contributed by atoms with Crippen molar-refractivity contribution in [1.82, 2.24) is 13.9 Å². The average molecular weight is 483 g/mol. The third-order valence-electron chi connectivity index (χ3n) is 5.19. The van der Waals surface area contributed by atoms with E-state index in [0.29, 0.717) is 18.7 Å². The number of benzene rings is 2. The van der Waals surface area contributed by atoms with Crippen LogP contribution in [0.25, 0.3) is 0 Å². The van der Waals surface area contributed by atoms with E-state index >= 15 is 0 Å². The predicted octanol–water partition coefficient (Wildman–Crippen LogP) is 3.36. The van der Waals surface area contributed by atoms with Crippen LogP contribution in [0.1, 0.15) is 24.4 Å². The summed E-state index contributed by atoms with van der Waals surface area (Å²) in [5, 5.41) is 2.65. The maximum Gasteiger partial charge on any atom is 0.246 e. The van der Waals surface area contributed by atoms with Gasteiger partial charge in [0.25, 0.3) is 0 Å². The molecule has 2 aromatic rings. The molecular formula is C22H28ClFN4O3S. The molecule has 0 saturated carbocycles. The molecule has 1 aliphatic heterocycles. The van der Waals surface area contributed by atoms with Crippen LogP contribution >= 0.6 is 11.6 Å². The minimum atomic E-state index is -1.55. The van der Waals surface area contributed by atoms with E-state index in [4.69, 9.17) is 16.3 Å². The van der Waals surface area contributed by atoms with E-state index in [1.54, 1.807) is 7.05 Å².